The molecule has 0 aliphatic heterocycles. The molecular weight excluding hydrogens is 155 g/mol. The number of hydrogen-bond acceptors (Lipinski definition) is 3. The van der Waals surface area contributed by atoms with E-state index < -0.39 is 15.6 Å². The molecular formula is C3H7NaO4S. The zero-order valence-corrected chi connectivity index (χ0v) is 4.80. The van der Waals surface area contributed by atoms with Crippen LogP contribution >= 0.6 is 0 Å². The van der Waals surface area contributed by atoms with Gasteiger partial charge in [-0.25, -0.2) is 0 Å². The molecule has 0 fully saturated rings. The second kappa shape index (κ2) is 4.43. The normalized spacial score (nSPS) is 13.6. The Labute approximate surface area is 75.6 Å². The molecule has 0 amide bonds. The number of hydrogen-bond donors (Lipinski definition) is 2. The molecule has 0 aliphatic carbocycles. The SMILES string of the molecule is C=CC(O)S(=O)(=O)O.[NaH]. The summed E-state index contributed by atoms with van der Waals surface area (Å²) < 4.78 is 27.5. The predicted molar refractivity (Wildman–Crippen MR) is 34.9 cm³/mol. The molecule has 1 unspecified atom stereocenters. The Bertz CT molecular complexity index is 172. The second-order valence-electron chi connectivity index (χ2n) is 1.14. The van der Waals surface area contributed by atoms with Crippen LogP contribution < -0.4 is 0 Å². The van der Waals surface area contributed by atoms with Crippen LogP contribution in [0, 0.1) is 0 Å². The van der Waals surface area contributed by atoms with E-state index in [-0.39, 0.29) is 29.6 Å². The van der Waals surface area contributed by atoms with E-state index in [0.717, 1.165) is 6.08 Å². The van der Waals surface area contributed by atoms with E-state index in [1.54, 1.807) is 0 Å². The van der Waals surface area contributed by atoms with Gasteiger partial charge in [-0.05, 0) is 6.08 Å². The van der Waals surface area contributed by atoms with Crippen molar-refractivity contribution in [2.45, 2.75) is 5.44 Å². The number of rotatable bonds is 2. The third-order valence-corrected chi connectivity index (χ3v) is 1.31. The summed E-state index contributed by atoms with van der Waals surface area (Å²) in [5.41, 5.74) is -1.86. The first kappa shape index (κ1) is 12.3. The molecule has 0 rings (SSSR count). The van der Waals surface area contributed by atoms with Gasteiger partial charge in [0.2, 0.25) is 0 Å². The van der Waals surface area contributed by atoms with Gasteiger partial charge in [0.1, 0.15) is 0 Å². The average molecular weight is 162 g/mol. The first-order chi connectivity index (χ1) is 3.48. The van der Waals surface area contributed by atoms with Crippen molar-refractivity contribution in [3.63, 3.8) is 0 Å². The molecule has 0 bridgehead atoms. The van der Waals surface area contributed by atoms with Gasteiger partial charge in [-0.2, -0.15) is 8.42 Å². The van der Waals surface area contributed by atoms with Gasteiger partial charge < -0.3 is 5.11 Å². The van der Waals surface area contributed by atoms with Gasteiger partial charge in [0.15, 0.2) is 5.44 Å². The van der Waals surface area contributed by atoms with E-state index in [1.165, 1.54) is 0 Å². The van der Waals surface area contributed by atoms with Gasteiger partial charge in [0.25, 0.3) is 10.1 Å². The molecule has 0 aromatic heterocycles. The standard InChI is InChI=1S/C3H6O4S.Na.H/c1-2-3(4)8(5,6)7;;/h2-4H,1H2,(H,5,6,7);;. The van der Waals surface area contributed by atoms with Crippen molar-refractivity contribution in [3.05, 3.63) is 12.7 Å². The molecule has 0 saturated heterocycles. The van der Waals surface area contributed by atoms with E-state index >= 15 is 0 Å². The van der Waals surface area contributed by atoms with Crippen molar-refractivity contribution in [1.29, 1.82) is 0 Å². The van der Waals surface area contributed by atoms with Crippen molar-refractivity contribution >= 4 is 39.7 Å². The van der Waals surface area contributed by atoms with Crippen LogP contribution in [0.2, 0.25) is 0 Å². The second-order valence-corrected chi connectivity index (χ2v) is 2.65. The molecule has 4 nitrogen and oxygen atoms in total. The summed E-state index contributed by atoms with van der Waals surface area (Å²) in [6, 6.07) is 0. The summed E-state index contributed by atoms with van der Waals surface area (Å²) in [5, 5.41) is 8.24. The summed E-state index contributed by atoms with van der Waals surface area (Å²) in [6.45, 7) is 2.94. The zero-order valence-electron chi connectivity index (χ0n) is 3.98. The van der Waals surface area contributed by atoms with Crippen molar-refractivity contribution in [2.75, 3.05) is 0 Å². The van der Waals surface area contributed by atoms with Crippen LogP contribution in [0.15, 0.2) is 12.7 Å². The Morgan fingerprint density at radius 2 is 1.89 bits per heavy atom. The molecule has 0 heterocycles. The molecule has 0 saturated carbocycles. The Kier molecular flexibility index (Phi) is 6.05. The summed E-state index contributed by atoms with van der Waals surface area (Å²) in [7, 11) is -4.32. The Balaban J connectivity index is 0. The quantitative estimate of drug-likeness (QED) is 0.301. The van der Waals surface area contributed by atoms with Gasteiger partial charge in [-0.3, -0.25) is 4.55 Å². The van der Waals surface area contributed by atoms with E-state index in [1.807, 2.05) is 0 Å². The van der Waals surface area contributed by atoms with Crippen LogP contribution in [0.25, 0.3) is 0 Å². The Morgan fingerprint density at radius 1 is 1.56 bits per heavy atom. The molecule has 0 radical (unpaired) electrons. The molecule has 0 spiro atoms. The Morgan fingerprint density at radius 3 is 1.89 bits per heavy atom. The summed E-state index contributed by atoms with van der Waals surface area (Å²) in [6.07, 6.45) is 0.718. The summed E-state index contributed by atoms with van der Waals surface area (Å²) in [4.78, 5) is 0. The molecule has 9 heavy (non-hydrogen) atoms. The number of aliphatic hydroxyl groups is 1. The van der Waals surface area contributed by atoms with Gasteiger partial charge in [-0.1, -0.05) is 6.58 Å². The van der Waals surface area contributed by atoms with E-state index in [0.29, 0.717) is 0 Å². The molecule has 6 heteroatoms. The van der Waals surface area contributed by atoms with Crippen LogP contribution in [0.3, 0.4) is 0 Å². The molecule has 1 atom stereocenters. The van der Waals surface area contributed by atoms with E-state index in [9.17, 15) is 8.42 Å². The number of aliphatic hydroxyl groups excluding tert-OH is 1. The van der Waals surface area contributed by atoms with E-state index in [4.69, 9.17) is 9.66 Å². The average Bonchev–Trinajstić information content (AvgIpc) is 1.62. The van der Waals surface area contributed by atoms with Crippen LogP contribution in [0.1, 0.15) is 0 Å². The minimum absolute atomic E-state index is 0. The van der Waals surface area contributed by atoms with Crippen molar-refractivity contribution in [3.8, 4) is 0 Å². The molecule has 50 valence electrons. The molecule has 2 N–H and O–H groups in total. The van der Waals surface area contributed by atoms with Crippen molar-refractivity contribution < 1.29 is 18.1 Å². The maximum atomic E-state index is 9.80. The maximum absolute atomic E-state index is 9.80. The fourth-order valence-electron chi connectivity index (χ4n) is 0.122. The third kappa shape index (κ3) is 5.07. The zero-order chi connectivity index (χ0) is 6.78. The van der Waals surface area contributed by atoms with Crippen LogP contribution in [-0.2, 0) is 10.1 Å². The summed E-state index contributed by atoms with van der Waals surface area (Å²) in [5.74, 6) is 0. The van der Waals surface area contributed by atoms with Crippen molar-refractivity contribution in [1.82, 2.24) is 0 Å². The fourth-order valence-corrected chi connectivity index (χ4v) is 0.365. The minimum atomic E-state index is -4.32. The van der Waals surface area contributed by atoms with Gasteiger partial charge in [0, 0.05) is 0 Å². The van der Waals surface area contributed by atoms with Gasteiger partial charge in [-0.15, -0.1) is 0 Å². The molecule has 0 aromatic carbocycles. The predicted octanol–water partition coefficient (Wildman–Crippen LogP) is -1.27. The van der Waals surface area contributed by atoms with Crippen molar-refractivity contribution in [2.24, 2.45) is 0 Å². The van der Waals surface area contributed by atoms with Gasteiger partial charge in [0.05, 0.1) is 0 Å². The monoisotopic (exact) mass is 162 g/mol. The fraction of sp³-hybridized carbons (Fsp3) is 0.333. The van der Waals surface area contributed by atoms with Crippen LogP contribution in [0.4, 0.5) is 0 Å². The van der Waals surface area contributed by atoms with Crippen LogP contribution in [0.5, 0.6) is 0 Å². The summed E-state index contributed by atoms with van der Waals surface area (Å²) >= 11 is 0. The molecule has 0 aliphatic rings. The topological polar surface area (TPSA) is 74.6 Å². The first-order valence-corrected chi connectivity index (χ1v) is 3.25. The molecule has 0 aromatic rings. The Hall–Kier alpha value is 0.610. The van der Waals surface area contributed by atoms with E-state index in [2.05, 4.69) is 6.58 Å². The third-order valence-electron chi connectivity index (χ3n) is 0.507. The van der Waals surface area contributed by atoms with Gasteiger partial charge >= 0.3 is 29.6 Å². The van der Waals surface area contributed by atoms with Crippen LogP contribution in [-0.4, -0.2) is 53.1 Å². The first-order valence-electron chi connectivity index (χ1n) is 1.75.